The lowest BCUT2D eigenvalue weighted by molar-refractivity contribution is 0.0950. The Bertz CT molecular complexity index is 1010. The predicted molar refractivity (Wildman–Crippen MR) is 94.6 cm³/mol. The van der Waals surface area contributed by atoms with E-state index in [1.54, 1.807) is 42.5 Å². The Balaban J connectivity index is 1.58. The van der Waals surface area contributed by atoms with Gasteiger partial charge in [-0.2, -0.15) is 0 Å². The normalized spacial score (nSPS) is 11.8. The molecule has 4 rings (SSSR count). The van der Waals surface area contributed by atoms with Gasteiger partial charge in [-0.05, 0) is 29.3 Å². The molecule has 3 aromatic rings. The molecule has 0 saturated carbocycles. The van der Waals surface area contributed by atoms with Crippen molar-refractivity contribution in [2.75, 3.05) is 0 Å². The van der Waals surface area contributed by atoms with Crippen molar-refractivity contribution < 1.29 is 14.7 Å². The molecule has 0 saturated heterocycles. The number of benzene rings is 3. The summed E-state index contributed by atoms with van der Waals surface area (Å²) in [5, 5.41) is 12.5. The molecule has 0 atom stereocenters. The standard InChI is InChI=1S/C21H15NO3/c23-19-8-4-1-5-14(19)12-22-21(25)13-9-10-16-15-6-2-3-7-17(15)20(24)18(16)11-13/h1-11,23H,12H2,(H,22,25). The number of phenols is 1. The summed E-state index contributed by atoms with van der Waals surface area (Å²) in [5.41, 5.74) is 4.05. The second kappa shape index (κ2) is 5.91. The van der Waals surface area contributed by atoms with E-state index in [0.717, 1.165) is 11.1 Å². The Morgan fingerprint density at radius 3 is 2.32 bits per heavy atom. The Labute approximate surface area is 144 Å². The molecule has 122 valence electrons. The molecule has 0 bridgehead atoms. The van der Waals surface area contributed by atoms with E-state index in [9.17, 15) is 14.7 Å². The molecule has 0 spiro atoms. The number of amides is 1. The molecule has 4 heteroatoms. The second-order valence-corrected chi connectivity index (χ2v) is 5.95. The Kier molecular flexibility index (Phi) is 3.58. The molecule has 0 aliphatic heterocycles. The third-order valence-corrected chi connectivity index (χ3v) is 4.42. The zero-order chi connectivity index (χ0) is 17.4. The van der Waals surface area contributed by atoms with E-state index in [1.807, 2.05) is 24.3 Å². The Morgan fingerprint density at radius 2 is 1.52 bits per heavy atom. The fraction of sp³-hybridized carbons (Fsp3) is 0.0476. The summed E-state index contributed by atoms with van der Waals surface area (Å²) in [6.07, 6.45) is 0. The van der Waals surface area contributed by atoms with Gasteiger partial charge in [0.2, 0.25) is 0 Å². The van der Waals surface area contributed by atoms with Crippen molar-refractivity contribution in [1.82, 2.24) is 5.32 Å². The van der Waals surface area contributed by atoms with Crippen LogP contribution < -0.4 is 5.32 Å². The van der Waals surface area contributed by atoms with Crippen molar-refractivity contribution in [2.24, 2.45) is 0 Å². The highest BCUT2D eigenvalue weighted by molar-refractivity contribution is 6.22. The van der Waals surface area contributed by atoms with Crippen LogP contribution >= 0.6 is 0 Å². The van der Waals surface area contributed by atoms with E-state index in [4.69, 9.17) is 0 Å². The lowest BCUT2D eigenvalue weighted by Crippen LogP contribution is -2.23. The number of hydrogen-bond donors (Lipinski definition) is 2. The first-order chi connectivity index (χ1) is 12.1. The van der Waals surface area contributed by atoms with Crippen molar-refractivity contribution in [3.05, 3.63) is 89.0 Å². The minimum atomic E-state index is -0.283. The van der Waals surface area contributed by atoms with Crippen molar-refractivity contribution >= 4 is 11.7 Å². The summed E-state index contributed by atoms with van der Waals surface area (Å²) < 4.78 is 0. The average Bonchev–Trinajstić information content (AvgIpc) is 2.93. The number of carbonyl (C=O) groups is 2. The van der Waals surface area contributed by atoms with Crippen molar-refractivity contribution in [3.8, 4) is 16.9 Å². The molecule has 2 N–H and O–H groups in total. The number of para-hydroxylation sites is 1. The van der Waals surface area contributed by atoms with E-state index in [0.29, 0.717) is 22.3 Å². The number of aromatic hydroxyl groups is 1. The number of hydrogen-bond acceptors (Lipinski definition) is 3. The molecule has 1 amide bonds. The molecular weight excluding hydrogens is 314 g/mol. The number of ketones is 1. The lowest BCUT2D eigenvalue weighted by Gasteiger charge is -2.08. The highest BCUT2D eigenvalue weighted by Crippen LogP contribution is 2.36. The van der Waals surface area contributed by atoms with Gasteiger partial charge in [0.05, 0.1) is 0 Å². The van der Waals surface area contributed by atoms with E-state index in [2.05, 4.69) is 5.32 Å². The van der Waals surface area contributed by atoms with Gasteiger partial charge in [-0.25, -0.2) is 0 Å². The molecule has 0 unspecified atom stereocenters. The first-order valence-corrected chi connectivity index (χ1v) is 7.98. The van der Waals surface area contributed by atoms with Gasteiger partial charge in [0, 0.05) is 28.8 Å². The smallest absolute Gasteiger partial charge is 0.251 e. The van der Waals surface area contributed by atoms with Gasteiger partial charge in [0.15, 0.2) is 5.78 Å². The van der Waals surface area contributed by atoms with Crippen LogP contribution in [-0.4, -0.2) is 16.8 Å². The van der Waals surface area contributed by atoms with Crippen LogP contribution in [0.25, 0.3) is 11.1 Å². The summed E-state index contributed by atoms with van der Waals surface area (Å²) in [5.74, 6) is -0.196. The fourth-order valence-corrected chi connectivity index (χ4v) is 3.11. The van der Waals surface area contributed by atoms with Gasteiger partial charge in [0.1, 0.15) is 5.75 Å². The van der Waals surface area contributed by atoms with Crippen molar-refractivity contribution in [3.63, 3.8) is 0 Å². The molecule has 1 aliphatic rings. The van der Waals surface area contributed by atoms with Gasteiger partial charge < -0.3 is 10.4 Å². The van der Waals surface area contributed by atoms with Gasteiger partial charge in [0.25, 0.3) is 5.91 Å². The molecule has 0 radical (unpaired) electrons. The summed E-state index contributed by atoms with van der Waals surface area (Å²) >= 11 is 0. The minimum absolute atomic E-state index is 0.0547. The van der Waals surface area contributed by atoms with Gasteiger partial charge >= 0.3 is 0 Å². The quantitative estimate of drug-likeness (QED) is 0.604. The number of fused-ring (bicyclic) bond motifs is 3. The zero-order valence-electron chi connectivity index (χ0n) is 13.3. The Morgan fingerprint density at radius 1 is 0.840 bits per heavy atom. The zero-order valence-corrected chi connectivity index (χ0v) is 13.3. The number of phenolic OH excluding ortho intramolecular Hbond substituents is 1. The maximum atomic E-state index is 12.5. The average molecular weight is 329 g/mol. The number of nitrogens with one attached hydrogen (secondary N) is 1. The summed E-state index contributed by atoms with van der Waals surface area (Å²) in [6, 6.07) is 19.5. The van der Waals surface area contributed by atoms with Crippen LogP contribution in [0.4, 0.5) is 0 Å². The van der Waals surface area contributed by atoms with Crippen molar-refractivity contribution in [2.45, 2.75) is 6.54 Å². The molecule has 0 fully saturated rings. The van der Waals surface area contributed by atoms with Crippen LogP contribution in [0.15, 0.2) is 66.7 Å². The molecular formula is C21H15NO3. The largest absolute Gasteiger partial charge is 0.508 e. The first-order valence-electron chi connectivity index (χ1n) is 7.98. The highest BCUT2D eigenvalue weighted by Gasteiger charge is 2.26. The van der Waals surface area contributed by atoms with Gasteiger partial charge in [-0.15, -0.1) is 0 Å². The van der Waals surface area contributed by atoms with Crippen LogP contribution in [-0.2, 0) is 6.54 Å². The molecule has 25 heavy (non-hydrogen) atoms. The van der Waals surface area contributed by atoms with E-state index in [-0.39, 0.29) is 24.0 Å². The second-order valence-electron chi connectivity index (χ2n) is 5.95. The van der Waals surface area contributed by atoms with E-state index < -0.39 is 0 Å². The van der Waals surface area contributed by atoms with Crippen molar-refractivity contribution in [1.29, 1.82) is 0 Å². The lowest BCUT2D eigenvalue weighted by atomic mass is 10.0. The maximum absolute atomic E-state index is 12.5. The van der Waals surface area contributed by atoms with Gasteiger partial charge in [-0.3, -0.25) is 9.59 Å². The van der Waals surface area contributed by atoms with E-state index in [1.165, 1.54) is 0 Å². The summed E-state index contributed by atoms with van der Waals surface area (Å²) in [6.45, 7) is 0.219. The van der Waals surface area contributed by atoms with Crippen LogP contribution in [0.3, 0.4) is 0 Å². The highest BCUT2D eigenvalue weighted by atomic mass is 16.3. The van der Waals surface area contributed by atoms with Crippen LogP contribution in [0, 0.1) is 0 Å². The number of carbonyl (C=O) groups excluding carboxylic acids is 2. The van der Waals surface area contributed by atoms with Crippen LogP contribution in [0.2, 0.25) is 0 Å². The molecule has 0 aromatic heterocycles. The monoisotopic (exact) mass is 329 g/mol. The number of rotatable bonds is 3. The Hall–Kier alpha value is -3.40. The maximum Gasteiger partial charge on any atom is 0.251 e. The van der Waals surface area contributed by atoms with Crippen LogP contribution in [0.1, 0.15) is 31.8 Å². The third-order valence-electron chi connectivity index (χ3n) is 4.42. The summed E-state index contributed by atoms with van der Waals surface area (Å²) in [7, 11) is 0. The SMILES string of the molecule is O=C(NCc1ccccc1O)c1ccc2c(c1)C(=O)c1ccccc1-2. The van der Waals surface area contributed by atoms with E-state index >= 15 is 0 Å². The molecule has 4 nitrogen and oxygen atoms in total. The predicted octanol–water partition coefficient (Wildman–Crippen LogP) is 3.53. The third kappa shape index (κ3) is 2.58. The first kappa shape index (κ1) is 15.1. The molecule has 1 aliphatic carbocycles. The summed E-state index contributed by atoms with van der Waals surface area (Å²) in [4.78, 5) is 24.9. The fourth-order valence-electron chi connectivity index (χ4n) is 3.11. The van der Waals surface area contributed by atoms with Crippen LogP contribution in [0.5, 0.6) is 5.75 Å². The molecule has 0 heterocycles. The minimum Gasteiger partial charge on any atom is -0.508 e. The molecule has 3 aromatic carbocycles. The topological polar surface area (TPSA) is 66.4 Å². The van der Waals surface area contributed by atoms with Gasteiger partial charge in [-0.1, -0.05) is 48.5 Å².